The number of amides is 1. The largest absolute Gasteiger partial charge is 0.355 e. The molecule has 0 unspecified atom stereocenters. The number of aromatic nitrogens is 1. The molecule has 3 rings (SSSR count). The number of thiazole rings is 1. The molecule has 0 radical (unpaired) electrons. The lowest BCUT2D eigenvalue weighted by Crippen LogP contribution is -2.48. The van der Waals surface area contributed by atoms with E-state index in [1.807, 2.05) is 29.6 Å². The van der Waals surface area contributed by atoms with Gasteiger partial charge in [-0.15, -0.1) is 36.2 Å². The highest BCUT2D eigenvalue weighted by Gasteiger charge is 2.17. The fourth-order valence-corrected chi connectivity index (χ4v) is 3.34. The van der Waals surface area contributed by atoms with Crippen molar-refractivity contribution in [1.29, 1.82) is 0 Å². The number of hydrogen-bond acceptors (Lipinski definition) is 4. The molecule has 2 N–H and O–H groups in total. The van der Waals surface area contributed by atoms with E-state index in [1.54, 1.807) is 11.3 Å². The number of hydrogen-bond donors (Lipinski definition) is 2. The van der Waals surface area contributed by atoms with Crippen molar-refractivity contribution in [3.8, 4) is 10.6 Å². The number of halogens is 3. The van der Waals surface area contributed by atoms with Crippen LogP contribution >= 0.6 is 52.1 Å². The van der Waals surface area contributed by atoms with Crippen molar-refractivity contribution in [3.05, 3.63) is 39.8 Å². The molecule has 2 aromatic rings. The van der Waals surface area contributed by atoms with E-state index >= 15 is 0 Å². The minimum absolute atomic E-state index is 0. The van der Waals surface area contributed by atoms with E-state index in [0.717, 1.165) is 40.4 Å². The number of carbonyl (C=O) groups excluding carboxylic acids is 1. The molecule has 1 amide bonds. The van der Waals surface area contributed by atoms with Gasteiger partial charge in [0.15, 0.2) is 0 Å². The molecule has 0 atom stereocenters. The summed E-state index contributed by atoms with van der Waals surface area (Å²) in [6.45, 7) is 2.77. The van der Waals surface area contributed by atoms with Gasteiger partial charge in [-0.05, 0) is 12.1 Å². The van der Waals surface area contributed by atoms with Crippen molar-refractivity contribution in [2.24, 2.45) is 5.92 Å². The summed E-state index contributed by atoms with van der Waals surface area (Å²) < 4.78 is 1.03. The quantitative estimate of drug-likeness (QED) is 0.752. The molecule has 1 aromatic heterocycles. The summed E-state index contributed by atoms with van der Waals surface area (Å²) in [6, 6.07) is 8.03. The molecule has 8 heteroatoms. The Labute approximate surface area is 160 Å². The highest BCUT2D eigenvalue weighted by Crippen LogP contribution is 2.26. The average molecular weight is 439 g/mol. The second-order valence-corrected chi connectivity index (χ2v) is 6.93. The number of nitrogens with one attached hydrogen (secondary N) is 2. The molecule has 0 saturated carbocycles. The van der Waals surface area contributed by atoms with E-state index < -0.39 is 0 Å². The van der Waals surface area contributed by atoms with E-state index in [9.17, 15) is 4.79 Å². The smallest absolute Gasteiger partial charge is 0.226 e. The predicted octanol–water partition coefficient (Wildman–Crippen LogP) is 3.29. The van der Waals surface area contributed by atoms with Crippen LogP contribution < -0.4 is 10.6 Å². The van der Waals surface area contributed by atoms with Gasteiger partial charge in [-0.2, -0.15) is 0 Å². The molecule has 4 nitrogen and oxygen atoms in total. The Kier molecular flexibility index (Phi) is 8.50. The van der Waals surface area contributed by atoms with Gasteiger partial charge >= 0.3 is 0 Å². The zero-order valence-electron chi connectivity index (χ0n) is 12.3. The summed E-state index contributed by atoms with van der Waals surface area (Å²) in [6.07, 6.45) is 0.352. The predicted molar refractivity (Wildman–Crippen MR) is 103 cm³/mol. The Bertz CT molecular complexity index is 649. The van der Waals surface area contributed by atoms with Crippen LogP contribution in [0.15, 0.2) is 34.1 Å². The van der Waals surface area contributed by atoms with Crippen molar-refractivity contribution in [3.63, 3.8) is 0 Å². The minimum atomic E-state index is 0. The van der Waals surface area contributed by atoms with Crippen LogP contribution in [0.25, 0.3) is 10.6 Å². The van der Waals surface area contributed by atoms with E-state index in [2.05, 4.69) is 31.5 Å². The van der Waals surface area contributed by atoms with Crippen molar-refractivity contribution in [1.82, 2.24) is 15.6 Å². The molecule has 2 heterocycles. The van der Waals surface area contributed by atoms with Crippen LogP contribution in [0.3, 0.4) is 0 Å². The molecule has 1 aromatic carbocycles. The van der Waals surface area contributed by atoms with Crippen molar-refractivity contribution in [2.75, 3.05) is 19.6 Å². The fraction of sp³-hybridized carbons (Fsp3) is 0.333. The third-order valence-corrected chi connectivity index (χ3v) is 4.85. The van der Waals surface area contributed by atoms with E-state index in [4.69, 9.17) is 0 Å². The SMILES string of the molecule is Cl.Cl.O=C(Cc1csc(-c2cccc(Br)c2)n1)NCC1CNC1. The van der Waals surface area contributed by atoms with Gasteiger partial charge in [-0.25, -0.2) is 4.98 Å². The maximum atomic E-state index is 11.9. The summed E-state index contributed by atoms with van der Waals surface area (Å²) in [5.41, 5.74) is 1.90. The van der Waals surface area contributed by atoms with Gasteiger partial charge in [0, 0.05) is 41.0 Å². The highest BCUT2D eigenvalue weighted by atomic mass is 79.9. The monoisotopic (exact) mass is 437 g/mol. The summed E-state index contributed by atoms with van der Waals surface area (Å²) in [4.78, 5) is 16.4. The lowest BCUT2D eigenvalue weighted by atomic mass is 10.0. The highest BCUT2D eigenvalue weighted by molar-refractivity contribution is 9.10. The van der Waals surface area contributed by atoms with Gasteiger partial charge in [0.25, 0.3) is 0 Å². The lowest BCUT2D eigenvalue weighted by molar-refractivity contribution is -0.120. The third-order valence-electron chi connectivity index (χ3n) is 3.42. The summed E-state index contributed by atoms with van der Waals surface area (Å²) >= 11 is 5.03. The molecule has 0 spiro atoms. The van der Waals surface area contributed by atoms with E-state index in [0.29, 0.717) is 12.3 Å². The van der Waals surface area contributed by atoms with Gasteiger partial charge in [0.1, 0.15) is 5.01 Å². The molecule has 1 saturated heterocycles. The van der Waals surface area contributed by atoms with Crippen LogP contribution in [0.2, 0.25) is 0 Å². The minimum Gasteiger partial charge on any atom is -0.355 e. The first-order valence-electron chi connectivity index (χ1n) is 6.88. The first kappa shape index (κ1) is 20.4. The number of rotatable bonds is 5. The van der Waals surface area contributed by atoms with Gasteiger partial charge < -0.3 is 10.6 Å². The zero-order valence-corrected chi connectivity index (χ0v) is 16.3. The van der Waals surface area contributed by atoms with Crippen LogP contribution in [0.5, 0.6) is 0 Å². The Morgan fingerprint density at radius 1 is 1.39 bits per heavy atom. The van der Waals surface area contributed by atoms with Crippen LogP contribution in [-0.2, 0) is 11.2 Å². The number of carbonyl (C=O) groups is 1. The summed E-state index contributed by atoms with van der Waals surface area (Å²) in [5.74, 6) is 0.634. The molecular formula is C15H18BrCl2N3OS. The summed E-state index contributed by atoms with van der Waals surface area (Å²) in [5, 5.41) is 9.07. The first-order valence-corrected chi connectivity index (χ1v) is 8.56. The molecular weight excluding hydrogens is 421 g/mol. The zero-order chi connectivity index (χ0) is 14.7. The second kappa shape index (κ2) is 9.59. The van der Waals surface area contributed by atoms with Crippen molar-refractivity contribution in [2.45, 2.75) is 6.42 Å². The maximum absolute atomic E-state index is 11.9. The normalized spacial score (nSPS) is 13.4. The molecule has 23 heavy (non-hydrogen) atoms. The fourth-order valence-electron chi connectivity index (χ4n) is 2.12. The molecule has 0 bridgehead atoms. The lowest BCUT2D eigenvalue weighted by Gasteiger charge is -2.26. The van der Waals surface area contributed by atoms with E-state index in [1.165, 1.54) is 0 Å². The van der Waals surface area contributed by atoms with Gasteiger partial charge in [-0.1, -0.05) is 28.1 Å². The van der Waals surface area contributed by atoms with Gasteiger partial charge in [-0.3, -0.25) is 4.79 Å². The Balaban J connectivity index is 0.00000132. The van der Waals surface area contributed by atoms with E-state index in [-0.39, 0.29) is 30.7 Å². The Hall–Kier alpha value is -0.660. The Morgan fingerprint density at radius 3 is 2.83 bits per heavy atom. The standard InChI is InChI=1S/C15H16BrN3OS.2ClH/c16-12-3-1-2-11(4-12)15-19-13(9-21-15)5-14(20)18-8-10-6-17-7-10;;/h1-4,9-10,17H,5-8H2,(H,18,20);2*1H. The molecule has 0 aliphatic carbocycles. The van der Waals surface area contributed by atoms with Crippen molar-refractivity contribution < 1.29 is 4.79 Å². The summed E-state index contributed by atoms with van der Waals surface area (Å²) in [7, 11) is 0. The molecule has 1 fully saturated rings. The molecule has 1 aliphatic heterocycles. The maximum Gasteiger partial charge on any atom is 0.226 e. The van der Waals surface area contributed by atoms with Crippen LogP contribution in [-0.4, -0.2) is 30.5 Å². The third kappa shape index (κ3) is 5.72. The van der Waals surface area contributed by atoms with Gasteiger partial charge in [0.05, 0.1) is 12.1 Å². The Morgan fingerprint density at radius 2 is 2.17 bits per heavy atom. The van der Waals surface area contributed by atoms with Crippen molar-refractivity contribution >= 4 is 58.0 Å². The molecule has 1 aliphatic rings. The van der Waals surface area contributed by atoms with Crippen LogP contribution in [0.4, 0.5) is 0 Å². The molecule has 126 valence electrons. The van der Waals surface area contributed by atoms with Crippen LogP contribution in [0, 0.1) is 5.92 Å². The first-order chi connectivity index (χ1) is 10.2. The second-order valence-electron chi connectivity index (χ2n) is 5.16. The number of benzene rings is 1. The topological polar surface area (TPSA) is 54.0 Å². The van der Waals surface area contributed by atoms with Gasteiger partial charge in [0.2, 0.25) is 5.91 Å². The average Bonchev–Trinajstić information content (AvgIpc) is 2.85. The number of nitrogens with zero attached hydrogens (tertiary/aromatic N) is 1. The van der Waals surface area contributed by atoms with Crippen LogP contribution in [0.1, 0.15) is 5.69 Å².